The van der Waals surface area contributed by atoms with Crippen LogP contribution in [0.3, 0.4) is 0 Å². The molecule has 13 rings (SSSR count). The summed E-state index contributed by atoms with van der Waals surface area (Å²) in [7, 11) is 0. The summed E-state index contributed by atoms with van der Waals surface area (Å²) in [6.07, 6.45) is 8.48. The standard InChI is InChI=1S/C51H42N2S/c1-50(2)40-14-9-12-38(49-52-42-15-6-7-16-43(42)53(49)32-22-23-35-34-11-4-8-17-44(34)54-45(35)28-32)46(40)37-25-24-36-33-10-3-5-13-39(33)51(48(36)47(37)50)31-21-20-30-19-18-29(26-31)27-41(30)51/h3-17,22-25,28-31,41H,18-21,26-27H2,1-2H3. The van der Waals surface area contributed by atoms with Crippen LogP contribution >= 0.6 is 11.3 Å². The normalized spacial score (nSPS) is 25.4. The number of para-hydroxylation sites is 2. The number of thiophene rings is 1. The molecule has 8 aromatic rings. The molecular weight excluding hydrogens is 673 g/mol. The van der Waals surface area contributed by atoms with E-state index in [1.54, 1.807) is 16.7 Å². The summed E-state index contributed by atoms with van der Waals surface area (Å²) in [5.74, 6) is 4.24. The molecule has 3 bridgehead atoms. The van der Waals surface area contributed by atoms with Gasteiger partial charge in [0.2, 0.25) is 0 Å². The van der Waals surface area contributed by atoms with Gasteiger partial charge < -0.3 is 0 Å². The van der Waals surface area contributed by atoms with Crippen molar-refractivity contribution in [2.45, 2.75) is 63.2 Å². The lowest BCUT2D eigenvalue weighted by Gasteiger charge is -2.61. The monoisotopic (exact) mass is 714 g/mol. The second kappa shape index (κ2) is 10.4. The smallest absolute Gasteiger partial charge is 0.146 e. The number of rotatable bonds is 2. The maximum Gasteiger partial charge on any atom is 0.146 e. The molecule has 1 spiro atoms. The molecule has 0 N–H and O–H groups in total. The Morgan fingerprint density at radius 3 is 2.37 bits per heavy atom. The summed E-state index contributed by atoms with van der Waals surface area (Å²) < 4.78 is 5.09. The summed E-state index contributed by atoms with van der Waals surface area (Å²) in [5, 5.41) is 2.66. The molecule has 0 aliphatic heterocycles. The Hall–Kier alpha value is -4.99. The predicted octanol–water partition coefficient (Wildman–Crippen LogP) is 13.5. The zero-order chi connectivity index (χ0) is 35.5. The first-order valence-electron chi connectivity index (χ1n) is 20.3. The molecule has 3 fully saturated rings. The number of benzene rings is 6. The third kappa shape index (κ3) is 3.61. The average molecular weight is 715 g/mol. The van der Waals surface area contributed by atoms with Gasteiger partial charge in [-0.2, -0.15) is 0 Å². The van der Waals surface area contributed by atoms with E-state index >= 15 is 0 Å². The minimum Gasteiger partial charge on any atom is -0.292 e. The lowest BCUT2D eigenvalue weighted by Crippen LogP contribution is -2.55. The molecular formula is C51H42N2S. The first-order chi connectivity index (χ1) is 26.5. The van der Waals surface area contributed by atoms with Crippen LogP contribution in [0.1, 0.15) is 74.6 Å². The van der Waals surface area contributed by atoms with E-state index in [4.69, 9.17) is 4.98 Å². The van der Waals surface area contributed by atoms with E-state index in [2.05, 4.69) is 140 Å². The van der Waals surface area contributed by atoms with Crippen LogP contribution in [0.2, 0.25) is 0 Å². The topological polar surface area (TPSA) is 17.8 Å². The first-order valence-corrected chi connectivity index (χ1v) is 21.1. The Morgan fingerprint density at radius 2 is 1.41 bits per heavy atom. The van der Waals surface area contributed by atoms with Gasteiger partial charge in [0.05, 0.1) is 11.0 Å². The van der Waals surface area contributed by atoms with E-state index in [1.165, 1.54) is 97.8 Å². The minimum atomic E-state index is -0.140. The maximum atomic E-state index is 5.51. The lowest BCUT2D eigenvalue weighted by atomic mass is 9.43. The van der Waals surface area contributed by atoms with Crippen molar-refractivity contribution >= 4 is 42.5 Å². The number of hydrogen-bond acceptors (Lipinski definition) is 2. The highest BCUT2D eigenvalue weighted by atomic mass is 32.1. The van der Waals surface area contributed by atoms with E-state index in [0.29, 0.717) is 0 Å². The van der Waals surface area contributed by atoms with Gasteiger partial charge in [-0.15, -0.1) is 11.3 Å². The van der Waals surface area contributed by atoms with Gasteiger partial charge in [0.1, 0.15) is 5.82 Å². The molecule has 2 aromatic heterocycles. The third-order valence-corrected chi connectivity index (χ3v) is 16.3. The number of imidazole rings is 1. The van der Waals surface area contributed by atoms with Gasteiger partial charge in [0.25, 0.3) is 0 Å². The van der Waals surface area contributed by atoms with Crippen molar-refractivity contribution in [1.29, 1.82) is 0 Å². The molecule has 54 heavy (non-hydrogen) atoms. The van der Waals surface area contributed by atoms with Crippen molar-refractivity contribution in [2.24, 2.45) is 23.7 Å². The molecule has 5 aliphatic carbocycles. The van der Waals surface area contributed by atoms with Gasteiger partial charge in [0.15, 0.2) is 0 Å². The highest BCUT2D eigenvalue weighted by molar-refractivity contribution is 7.25. The van der Waals surface area contributed by atoms with Gasteiger partial charge in [-0.05, 0) is 131 Å². The Balaban J connectivity index is 1.08. The molecule has 5 unspecified atom stereocenters. The van der Waals surface area contributed by atoms with Crippen LogP contribution in [0, 0.1) is 23.7 Å². The fraction of sp³-hybridized carbons (Fsp3) is 0.275. The summed E-state index contributed by atoms with van der Waals surface area (Å²) in [6, 6.07) is 46.3. The fourth-order valence-electron chi connectivity index (χ4n) is 13.2. The molecule has 5 aliphatic rings. The molecule has 0 saturated heterocycles. The second-order valence-corrected chi connectivity index (χ2v) is 18.9. The van der Waals surface area contributed by atoms with Gasteiger partial charge in [-0.3, -0.25) is 4.57 Å². The highest BCUT2D eigenvalue weighted by Crippen LogP contribution is 2.71. The average Bonchev–Trinajstić information content (AvgIpc) is 3.91. The molecule has 262 valence electrons. The summed E-state index contributed by atoms with van der Waals surface area (Å²) in [4.78, 5) is 5.51. The van der Waals surface area contributed by atoms with Gasteiger partial charge in [0, 0.05) is 42.3 Å². The minimum absolute atomic E-state index is 0.114. The zero-order valence-electron chi connectivity index (χ0n) is 30.9. The van der Waals surface area contributed by atoms with Crippen molar-refractivity contribution in [3.8, 4) is 39.3 Å². The van der Waals surface area contributed by atoms with Crippen LogP contribution < -0.4 is 0 Å². The van der Waals surface area contributed by atoms with E-state index < -0.39 is 0 Å². The van der Waals surface area contributed by atoms with E-state index in [-0.39, 0.29) is 10.8 Å². The third-order valence-electron chi connectivity index (χ3n) is 15.2. The van der Waals surface area contributed by atoms with E-state index in [0.717, 1.165) is 40.5 Å². The fourth-order valence-corrected chi connectivity index (χ4v) is 14.4. The lowest BCUT2D eigenvalue weighted by molar-refractivity contribution is -0.0326. The van der Waals surface area contributed by atoms with Gasteiger partial charge in [-0.1, -0.05) is 111 Å². The Kier molecular flexibility index (Phi) is 5.84. The van der Waals surface area contributed by atoms with Gasteiger partial charge in [-0.25, -0.2) is 4.98 Å². The van der Waals surface area contributed by atoms with Crippen molar-refractivity contribution in [3.63, 3.8) is 0 Å². The first kappa shape index (κ1) is 30.3. The number of fused-ring (bicyclic) bond motifs is 12. The van der Waals surface area contributed by atoms with Crippen molar-refractivity contribution in [3.05, 3.63) is 144 Å². The van der Waals surface area contributed by atoms with Crippen molar-refractivity contribution < 1.29 is 0 Å². The predicted molar refractivity (Wildman–Crippen MR) is 225 cm³/mol. The largest absolute Gasteiger partial charge is 0.292 e. The Morgan fingerprint density at radius 1 is 0.630 bits per heavy atom. The molecule has 2 heterocycles. The van der Waals surface area contributed by atoms with E-state index in [9.17, 15) is 0 Å². The summed E-state index contributed by atoms with van der Waals surface area (Å²) in [5.41, 5.74) is 16.8. The summed E-state index contributed by atoms with van der Waals surface area (Å²) in [6.45, 7) is 5.06. The molecule has 3 saturated carbocycles. The zero-order valence-corrected chi connectivity index (χ0v) is 31.7. The van der Waals surface area contributed by atoms with Crippen LogP contribution in [0.25, 0.3) is 70.5 Å². The van der Waals surface area contributed by atoms with Crippen LogP contribution in [0.5, 0.6) is 0 Å². The molecule has 0 radical (unpaired) electrons. The molecule has 5 atom stereocenters. The Bertz CT molecular complexity index is 2920. The van der Waals surface area contributed by atoms with Crippen LogP contribution in [-0.2, 0) is 10.8 Å². The molecule has 3 heteroatoms. The van der Waals surface area contributed by atoms with E-state index in [1.807, 2.05) is 11.3 Å². The van der Waals surface area contributed by atoms with Crippen molar-refractivity contribution in [2.75, 3.05) is 0 Å². The Labute approximate surface area is 320 Å². The quantitative estimate of drug-likeness (QED) is 0.174. The highest BCUT2D eigenvalue weighted by Gasteiger charge is 2.63. The SMILES string of the molecule is CC1(C)c2cccc(-c3nc4ccccc4n3-c3ccc4c(c3)sc3ccccc34)c2-c2ccc3c(c21)C1(c2ccccc2-3)C2CCC3CCC(C2)CC31. The number of nitrogens with zero attached hydrogens (tertiary/aromatic N) is 2. The van der Waals surface area contributed by atoms with Crippen LogP contribution in [0.15, 0.2) is 121 Å². The van der Waals surface area contributed by atoms with Crippen molar-refractivity contribution in [1.82, 2.24) is 9.55 Å². The van der Waals surface area contributed by atoms with Crippen LogP contribution in [0.4, 0.5) is 0 Å². The molecule has 6 aromatic carbocycles. The molecule has 0 amide bonds. The maximum absolute atomic E-state index is 5.51. The number of aromatic nitrogens is 2. The van der Waals surface area contributed by atoms with Gasteiger partial charge >= 0.3 is 0 Å². The summed E-state index contributed by atoms with van der Waals surface area (Å²) >= 11 is 1.88. The molecule has 2 nitrogen and oxygen atoms in total. The second-order valence-electron chi connectivity index (χ2n) is 17.8. The van der Waals surface area contributed by atoms with Crippen LogP contribution in [-0.4, -0.2) is 9.55 Å². The number of hydrogen-bond donors (Lipinski definition) is 0.